The minimum Gasteiger partial charge on any atom is -0.176 e. The van der Waals surface area contributed by atoms with Crippen LogP contribution in [-0.2, 0) is 0 Å². The van der Waals surface area contributed by atoms with E-state index in [9.17, 15) is 0 Å². The molecule has 70 valence electrons. The molecule has 0 aromatic heterocycles. The lowest BCUT2D eigenvalue weighted by molar-refractivity contribution is 0.252. The molecular weight excluding hydrogens is 164 g/mol. The molecule has 0 nitrogen and oxygen atoms in total. The van der Waals surface area contributed by atoms with Crippen LogP contribution in [0.1, 0.15) is 51.4 Å². The lowest BCUT2D eigenvalue weighted by Crippen LogP contribution is -2.15. The van der Waals surface area contributed by atoms with Gasteiger partial charge in [0.25, 0.3) is 0 Å². The molecule has 2 atom stereocenters. The maximum absolute atomic E-state index is 4.57. The van der Waals surface area contributed by atoms with Gasteiger partial charge in [0.2, 0.25) is 0 Å². The fourth-order valence-electron chi connectivity index (χ4n) is 3.03. The van der Waals surface area contributed by atoms with Gasteiger partial charge in [-0.25, -0.2) is 0 Å². The van der Waals surface area contributed by atoms with Crippen molar-refractivity contribution in [2.24, 2.45) is 11.8 Å². The predicted molar refractivity (Wildman–Crippen MR) is 56.7 cm³/mol. The summed E-state index contributed by atoms with van der Waals surface area (Å²) >= 11 is 4.57. The van der Waals surface area contributed by atoms with E-state index in [0.717, 1.165) is 17.1 Å². The third-order valence-electron chi connectivity index (χ3n) is 3.76. The van der Waals surface area contributed by atoms with Crippen LogP contribution in [0.5, 0.6) is 0 Å². The van der Waals surface area contributed by atoms with Gasteiger partial charge in [-0.1, -0.05) is 32.1 Å². The van der Waals surface area contributed by atoms with Crippen molar-refractivity contribution in [2.75, 3.05) is 0 Å². The molecule has 0 spiro atoms. The van der Waals surface area contributed by atoms with Gasteiger partial charge in [-0.2, -0.15) is 12.6 Å². The third kappa shape index (κ3) is 1.99. The van der Waals surface area contributed by atoms with Gasteiger partial charge in [0, 0.05) is 5.25 Å². The van der Waals surface area contributed by atoms with Crippen molar-refractivity contribution in [3.63, 3.8) is 0 Å². The van der Waals surface area contributed by atoms with E-state index in [1.165, 1.54) is 51.4 Å². The zero-order valence-corrected chi connectivity index (χ0v) is 8.73. The highest BCUT2D eigenvalue weighted by Gasteiger charge is 2.29. The molecule has 0 amide bonds. The Hall–Kier alpha value is 0.350. The van der Waals surface area contributed by atoms with Crippen LogP contribution in [0.2, 0.25) is 0 Å². The normalized spacial score (nSPS) is 38.8. The van der Waals surface area contributed by atoms with E-state index in [4.69, 9.17) is 0 Å². The maximum Gasteiger partial charge on any atom is 0.00196 e. The van der Waals surface area contributed by atoms with E-state index >= 15 is 0 Å². The molecule has 12 heavy (non-hydrogen) atoms. The number of rotatable bonds is 1. The van der Waals surface area contributed by atoms with Gasteiger partial charge in [-0.15, -0.1) is 0 Å². The third-order valence-corrected chi connectivity index (χ3v) is 4.23. The van der Waals surface area contributed by atoms with E-state index in [1.807, 2.05) is 0 Å². The standard InChI is InChI=1S/C11H20S/c12-11-7-6-10(8-11)9-4-2-1-3-5-9/h9-12H,1-8H2. The van der Waals surface area contributed by atoms with Crippen molar-refractivity contribution in [3.8, 4) is 0 Å². The molecule has 2 fully saturated rings. The fraction of sp³-hybridized carbons (Fsp3) is 1.00. The molecule has 0 N–H and O–H groups in total. The summed E-state index contributed by atoms with van der Waals surface area (Å²) < 4.78 is 0. The van der Waals surface area contributed by atoms with Crippen LogP contribution in [0.4, 0.5) is 0 Å². The fourth-order valence-corrected chi connectivity index (χ4v) is 3.45. The highest BCUT2D eigenvalue weighted by molar-refractivity contribution is 7.80. The van der Waals surface area contributed by atoms with Crippen LogP contribution in [0.3, 0.4) is 0 Å². The van der Waals surface area contributed by atoms with Crippen LogP contribution in [0, 0.1) is 11.8 Å². The number of hydrogen-bond acceptors (Lipinski definition) is 1. The van der Waals surface area contributed by atoms with Gasteiger partial charge in [-0.3, -0.25) is 0 Å². The molecule has 2 rings (SSSR count). The van der Waals surface area contributed by atoms with Crippen molar-refractivity contribution in [3.05, 3.63) is 0 Å². The van der Waals surface area contributed by atoms with E-state index in [2.05, 4.69) is 12.6 Å². The van der Waals surface area contributed by atoms with Gasteiger partial charge >= 0.3 is 0 Å². The average molecular weight is 184 g/mol. The Kier molecular flexibility index (Phi) is 3.00. The van der Waals surface area contributed by atoms with Gasteiger partial charge in [0.05, 0.1) is 0 Å². The first-order valence-electron chi connectivity index (χ1n) is 5.54. The van der Waals surface area contributed by atoms with Crippen molar-refractivity contribution in [2.45, 2.75) is 56.6 Å². The molecule has 0 saturated heterocycles. The Morgan fingerprint density at radius 2 is 1.50 bits per heavy atom. The molecule has 0 heterocycles. The molecule has 2 saturated carbocycles. The highest BCUT2D eigenvalue weighted by Crippen LogP contribution is 2.40. The van der Waals surface area contributed by atoms with E-state index in [-0.39, 0.29) is 0 Å². The Morgan fingerprint density at radius 1 is 0.750 bits per heavy atom. The summed E-state index contributed by atoms with van der Waals surface area (Å²) in [6.45, 7) is 0. The van der Waals surface area contributed by atoms with Crippen molar-refractivity contribution < 1.29 is 0 Å². The largest absolute Gasteiger partial charge is 0.176 e. The smallest absolute Gasteiger partial charge is 0.00196 e. The lowest BCUT2D eigenvalue weighted by atomic mass is 9.79. The van der Waals surface area contributed by atoms with E-state index < -0.39 is 0 Å². The van der Waals surface area contributed by atoms with Crippen LogP contribution in [-0.4, -0.2) is 5.25 Å². The van der Waals surface area contributed by atoms with Gasteiger partial charge in [0.1, 0.15) is 0 Å². The molecule has 0 radical (unpaired) electrons. The van der Waals surface area contributed by atoms with Crippen LogP contribution in [0.15, 0.2) is 0 Å². The first-order chi connectivity index (χ1) is 5.86. The Morgan fingerprint density at radius 3 is 2.08 bits per heavy atom. The molecular formula is C11H20S. The molecule has 2 aliphatic carbocycles. The second-order valence-electron chi connectivity index (χ2n) is 4.63. The summed E-state index contributed by atoms with van der Waals surface area (Å²) in [5.74, 6) is 2.13. The summed E-state index contributed by atoms with van der Waals surface area (Å²) in [6.07, 6.45) is 11.8. The molecule has 0 aromatic rings. The molecule has 2 unspecified atom stereocenters. The number of thiol groups is 1. The Labute approximate surface area is 81.5 Å². The monoisotopic (exact) mass is 184 g/mol. The minimum atomic E-state index is 0.733. The van der Waals surface area contributed by atoms with Crippen molar-refractivity contribution in [1.82, 2.24) is 0 Å². The predicted octanol–water partition coefficient (Wildman–Crippen LogP) is 3.67. The van der Waals surface area contributed by atoms with Crippen LogP contribution < -0.4 is 0 Å². The summed E-state index contributed by atoms with van der Waals surface area (Å²) in [5, 5.41) is 0.733. The zero-order chi connectivity index (χ0) is 8.39. The van der Waals surface area contributed by atoms with Crippen molar-refractivity contribution >= 4 is 12.6 Å². The Bertz CT molecular complexity index is 135. The van der Waals surface area contributed by atoms with Gasteiger partial charge < -0.3 is 0 Å². The summed E-state index contributed by atoms with van der Waals surface area (Å²) in [5.41, 5.74) is 0. The second-order valence-corrected chi connectivity index (χ2v) is 5.36. The molecule has 1 heteroatoms. The zero-order valence-electron chi connectivity index (χ0n) is 7.84. The highest BCUT2D eigenvalue weighted by atomic mass is 32.1. The quantitative estimate of drug-likeness (QED) is 0.591. The summed E-state index contributed by atoms with van der Waals surface area (Å²) in [7, 11) is 0. The lowest BCUT2D eigenvalue weighted by Gasteiger charge is -2.27. The Balaban J connectivity index is 1.83. The molecule has 2 aliphatic rings. The topological polar surface area (TPSA) is 0 Å². The van der Waals surface area contributed by atoms with E-state index in [0.29, 0.717) is 0 Å². The maximum atomic E-state index is 4.57. The van der Waals surface area contributed by atoms with Crippen molar-refractivity contribution in [1.29, 1.82) is 0 Å². The first kappa shape index (κ1) is 8.93. The minimum absolute atomic E-state index is 0.733. The first-order valence-corrected chi connectivity index (χ1v) is 6.06. The van der Waals surface area contributed by atoms with Crippen LogP contribution in [0.25, 0.3) is 0 Å². The summed E-state index contributed by atoms with van der Waals surface area (Å²) in [4.78, 5) is 0. The van der Waals surface area contributed by atoms with Crippen LogP contribution >= 0.6 is 12.6 Å². The average Bonchev–Trinajstić information content (AvgIpc) is 2.54. The van der Waals surface area contributed by atoms with Gasteiger partial charge in [0.15, 0.2) is 0 Å². The number of hydrogen-bond donors (Lipinski definition) is 1. The van der Waals surface area contributed by atoms with Gasteiger partial charge in [-0.05, 0) is 31.1 Å². The van der Waals surface area contributed by atoms with E-state index in [1.54, 1.807) is 0 Å². The molecule has 0 aliphatic heterocycles. The SMILES string of the molecule is SC1CCC(C2CCCCC2)C1. The molecule has 0 bridgehead atoms. The summed E-state index contributed by atoms with van der Waals surface area (Å²) in [6, 6.07) is 0. The molecule has 0 aromatic carbocycles. The second kappa shape index (κ2) is 4.04.